The lowest BCUT2D eigenvalue weighted by Gasteiger charge is -2.13. The number of fused-ring (bicyclic) bond motifs is 1. The third-order valence-electron chi connectivity index (χ3n) is 6.15. The van der Waals surface area contributed by atoms with Gasteiger partial charge in [0, 0.05) is 24.5 Å². The number of methoxy groups -OCH3 is 1. The summed E-state index contributed by atoms with van der Waals surface area (Å²) >= 11 is 0. The summed E-state index contributed by atoms with van der Waals surface area (Å²) < 4.78 is 38.9. The molecule has 188 valence electrons. The molecule has 0 radical (unpaired) electrons. The molecule has 12 nitrogen and oxygen atoms in total. The van der Waals surface area contributed by atoms with Gasteiger partial charge in [0.15, 0.2) is 28.7 Å². The van der Waals surface area contributed by atoms with Crippen molar-refractivity contribution in [3.8, 4) is 11.4 Å². The molecule has 5 aromatic rings. The Labute approximate surface area is 207 Å². The minimum absolute atomic E-state index is 0.0140. The molecule has 0 spiro atoms. The standard InChI is InChI=1S/C23H20F2N10O2/c1-37-20-5-4-19(35-12-27-30-32-35)16(21(20)25)7-26-23(36)18-11-34(31-29-18)10-15-9-33-8-14(13-2-3-13)6-17(24)22(33)28-15/h4-6,8-9,11-13H,2-3,7,10H2,1H3,(H,26,36). The Balaban J connectivity index is 1.17. The van der Waals surface area contributed by atoms with Crippen molar-refractivity contribution in [3.05, 3.63) is 77.3 Å². The van der Waals surface area contributed by atoms with E-state index in [-0.39, 0.29) is 41.6 Å². The third kappa shape index (κ3) is 4.37. The SMILES string of the molecule is COc1ccc(-n2cnnn2)c(CNC(=O)c2cn(Cc3cn4cc(C5CC5)cc(F)c4n3)nn2)c1F. The molecule has 1 aromatic carbocycles. The zero-order chi connectivity index (χ0) is 25.5. The number of carbonyl (C=O) groups excluding carboxylic acids is 1. The maximum absolute atomic E-state index is 15.0. The Morgan fingerprint density at radius 1 is 1.19 bits per heavy atom. The summed E-state index contributed by atoms with van der Waals surface area (Å²) in [5.41, 5.74) is 2.26. The third-order valence-corrected chi connectivity index (χ3v) is 6.15. The summed E-state index contributed by atoms with van der Waals surface area (Å²) in [6.45, 7) is 0.00702. The van der Waals surface area contributed by atoms with Crippen LogP contribution in [0.3, 0.4) is 0 Å². The second-order valence-electron chi connectivity index (χ2n) is 8.68. The highest BCUT2D eigenvalue weighted by molar-refractivity contribution is 5.91. The average molecular weight is 506 g/mol. The van der Waals surface area contributed by atoms with E-state index in [0.717, 1.165) is 18.4 Å². The van der Waals surface area contributed by atoms with Crippen LogP contribution in [0.4, 0.5) is 8.78 Å². The zero-order valence-electron chi connectivity index (χ0n) is 19.5. The van der Waals surface area contributed by atoms with Crippen LogP contribution in [0.2, 0.25) is 0 Å². The van der Waals surface area contributed by atoms with E-state index in [0.29, 0.717) is 17.3 Å². The highest BCUT2D eigenvalue weighted by Crippen LogP contribution is 2.40. The molecule has 1 fully saturated rings. The number of benzene rings is 1. The molecule has 0 aliphatic heterocycles. The molecule has 1 N–H and O–H groups in total. The molecule has 6 rings (SSSR count). The van der Waals surface area contributed by atoms with Gasteiger partial charge in [-0.2, -0.15) is 0 Å². The lowest BCUT2D eigenvalue weighted by Crippen LogP contribution is -2.25. The number of tetrazole rings is 1. The molecule has 37 heavy (non-hydrogen) atoms. The molecule has 4 heterocycles. The van der Waals surface area contributed by atoms with Crippen LogP contribution in [0.25, 0.3) is 11.3 Å². The first-order valence-corrected chi connectivity index (χ1v) is 11.4. The minimum Gasteiger partial charge on any atom is -0.494 e. The predicted molar refractivity (Wildman–Crippen MR) is 123 cm³/mol. The van der Waals surface area contributed by atoms with E-state index in [2.05, 4.69) is 36.1 Å². The fourth-order valence-corrected chi connectivity index (χ4v) is 4.15. The van der Waals surface area contributed by atoms with Gasteiger partial charge < -0.3 is 14.5 Å². The number of aromatic nitrogens is 9. The van der Waals surface area contributed by atoms with Crippen molar-refractivity contribution in [2.45, 2.75) is 31.8 Å². The number of carbonyl (C=O) groups is 1. The monoisotopic (exact) mass is 506 g/mol. The van der Waals surface area contributed by atoms with Crippen LogP contribution < -0.4 is 10.1 Å². The van der Waals surface area contributed by atoms with Gasteiger partial charge >= 0.3 is 0 Å². The number of hydrogen-bond donors (Lipinski definition) is 1. The van der Waals surface area contributed by atoms with E-state index in [9.17, 15) is 13.6 Å². The quantitative estimate of drug-likeness (QED) is 0.339. The van der Waals surface area contributed by atoms with Crippen molar-refractivity contribution < 1.29 is 18.3 Å². The summed E-state index contributed by atoms with van der Waals surface area (Å²) in [4.78, 5) is 17.1. The Morgan fingerprint density at radius 3 is 2.81 bits per heavy atom. The largest absolute Gasteiger partial charge is 0.494 e. The fraction of sp³-hybridized carbons (Fsp3) is 0.261. The number of nitrogens with one attached hydrogen (secondary N) is 1. The normalized spacial score (nSPS) is 13.3. The number of pyridine rings is 1. The van der Waals surface area contributed by atoms with Gasteiger partial charge in [0.2, 0.25) is 0 Å². The van der Waals surface area contributed by atoms with Gasteiger partial charge in [-0.15, -0.1) is 10.2 Å². The van der Waals surface area contributed by atoms with Crippen LogP contribution in [-0.4, -0.2) is 57.6 Å². The van der Waals surface area contributed by atoms with Crippen LogP contribution in [0.1, 0.15) is 46.1 Å². The molecule has 1 aliphatic rings. The molecule has 1 aliphatic carbocycles. The molecule has 1 saturated carbocycles. The summed E-state index contributed by atoms with van der Waals surface area (Å²) in [5.74, 6) is -1.16. The van der Waals surface area contributed by atoms with Crippen molar-refractivity contribution in [3.63, 3.8) is 0 Å². The number of imidazole rings is 1. The molecular formula is C23H20F2N10O2. The molecule has 1 amide bonds. The first-order chi connectivity index (χ1) is 18.0. The topological polar surface area (TPSA) is 130 Å². The lowest BCUT2D eigenvalue weighted by atomic mass is 10.1. The van der Waals surface area contributed by atoms with Crippen LogP contribution in [0.15, 0.2) is 43.1 Å². The number of ether oxygens (including phenoxy) is 1. The van der Waals surface area contributed by atoms with Crippen molar-refractivity contribution in [2.75, 3.05) is 7.11 Å². The Bertz CT molecular complexity index is 1610. The van der Waals surface area contributed by atoms with Gasteiger partial charge in [-0.3, -0.25) is 4.79 Å². The van der Waals surface area contributed by atoms with E-state index >= 15 is 0 Å². The maximum Gasteiger partial charge on any atom is 0.273 e. The molecule has 14 heteroatoms. The summed E-state index contributed by atoms with van der Waals surface area (Å²) in [6, 6.07) is 4.57. The zero-order valence-corrected chi connectivity index (χ0v) is 19.5. The molecular weight excluding hydrogens is 486 g/mol. The first kappa shape index (κ1) is 22.7. The van der Waals surface area contributed by atoms with Crippen LogP contribution >= 0.6 is 0 Å². The highest BCUT2D eigenvalue weighted by Gasteiger charge is 2.25. The Hall–Kier alpha value is -4.75. The number of halogens is 2. The van der Waals surface area contributed by atoms with E-state index in [4.69, 9.17) is 4.74 Å². The highest BCUT2D eigenvalue weighted by atomic mass is 19.1. The van der Waals surface area contributed by atoms with Gasteiger partial charge in [-0.25, -0.2) is 23.1 Å². The van der Waals surface area contributed by atoms with Crippen molar-refractivity contribution >= 4 is 11.6 Å². The summed E-state index contributed by atoms with van der Waals surface area (Å²) in [6.07, 6.45) is 8.52. The van der Waals surface area contributed by atoms with E-state index < -0.39 is 11.7 Å². The lowest BCUT2D eigenvalue weighted by molar-refractivity contribution is 0.0945. The smallest absolute Gasteiger partial charge is 0.273 e. The van der Waals surface area contributed by atoms with Crippen LogP contribution in [-0.2, 0) is 13.1 Å². The molecule has 4 aromatic heterocycles. The van der Waals surface area contributed by atoms with Gasteiger partial charge in [0.1, 0.15) is 6.33 Å². The van der Waals surface area contributed by atoms with Gasteiger partial charge in [-0.05, 0) is 52.9 Å². The average Bonchev–Trinajstić information content (AvgIpc) is 3.25. The summed E-state index contributed by atoms with van der Waals surface area (Å²) in [7, 11) is 1.35. The van der Waals surface area contributed by atoms with E-state index in [1.165, 1.54) is 41.1 Å². The first-order valence-electron chi connectivity index (χ1n) is 11.4. The molecule has 0 saturated heterocycles. The predicted octanol–water partition coefficient (Wildman–Crippen LogP) is 2.04. The second kappa shape index (κ2) is 9.04. The number of rotatable bonds is 8. The van der Waals surface area contributed by atoms with Crippen molar-refractivity contribution in [1.82, 2.24) is 49.9 Å². The van der Waals surface area contributed by atoms with Crippen LogP contribution in [0.5, 0.6) is 5.75 Å². The number of hydrogen-bond acceptors (Lipinski definition) is 8. The van der Waals surface area contributed by atoms with E-state index in [1.807, 2.05) is 6.20 Å². The molecule has 0 atom stereocenters. The number of nitrogens with zero attached hydrogens (tertiary/aromatic N) is 9. The van der Waals surface area contributed by atoms with Gasteiger partial charge in [-0.1, -0.05) is 5.21 Å². The molecule has 0 bridgehead atoms. The Kier molecular flexibility index (Phi) is 5.54. The van der Waals surface area contributed by atoms with Gasteiger partial charge in [0.05, 0.1) is 31.2 Å². The molecule has 0 unspecified atom stereocenters. The van der Waals surface area contributed by atoms with Crippen LogP contribution in [0, 0.1) is 11.6 Å². The summed E-state index contributed by atoms with van der Waals surface area (Å²) in [5, 5.41) is 21.4. The van der Waals surface area contributed by atoms with Crippen molar-refractivity contribution in [1.29, 1.82) is 0 Å². The number of amides is 1. The second-order valence-corrected chi connectivity index (χ2v) is 8.68. The van der Waals surface area contributed by atoms with Gasteiger partial charge in [0.25, 0.3) is 5.91 Å². The fourth-order valence-electron chi connectivity index (χ4n) is 4.15. The van der Waals surface area contributed by atoms with Crippen molar-refractivity contribution in [2.24, 2.45) is 0 Å². The maximum atomic E-state index is 15.0. The Morgan fingerprint density at radius 2 is 2.05 bits per heavy atom. The van der Waals surface area contributed by atoms with E-state index in [1.54, 1.807) is 16.7 Å². The minimum atomic E-state index is -0.650.